The maximum absolute atomic E-state index is 13.2. The zero-order valence-corrected chi connectivity index (χ0v) is 13.8. The first-order chi connectivity index (χ1) is 12.7. The number of likely N-dealkylation sites (tertiary alicyclic amines) is 1. The molecule has 1 N–H and O–H groups in total. The minimum Gasteiger partial charge on any atom is -0.422 e. The number of carbonyl (C=O) groups excluding carboxylic acids is 1. The molecule has 1 atom stereocenters. The molecule has 1 unspecified atom stereocenters. The topological polar surface area (TPSA) is 97.1 Å². The minimum atomic E-state index is -0.411. The molecular formula is C17H16FN5O3. The molecule has 1 saturated heterocycles. The molecule has 4 rings (SSSR count). The van der Waals surface area contributed by atoms with Gasteiger partial charge in [-0.2, -0.15) is 4.98 Å². The second-order valence-corrected chi connectivity index (χ2v) is 6.03. The van der Waals surface area contributed by atoms with Crippen LogP contribution in [0.15, 0.2) is 41.3 Å². The van der Waals surface area contributed by atoms with Crippen molar-refractivity contribution in [2.75, 3.05) is 13.1 Å². The largest absolute Gasteiger partial charge is 0.422 e. The summed E-state index contributed by atoms with van der Waals surface area (Å²) < 4.78 is 23.9. The van der Waals surface area contributed by atoms with Crippen LogP contribution in [-0.2, 0) is 0 Å². The zero-order chi connectivity index (χ0) is 17.9. The van der Waals surface area contributed by atoms with Crippen molar-refractivity contribution in [2.45, 2.75) is 18.8 Å². The standard InChI is InChI=1S/C17H16FN5O3/c18-12-4-1-5-13(7-12)25-17-21-15(26-22-17)11-3-2-6-23(9-11)16(24)14-8-19-10-20-14/h1,4-5,7-8,10-11H,2-3,6,9H2,(H,19,20). The zero-order valence-electron chi connectivity index (χ0n) is 13.8. The first-order valence-electron chi connectivity index (χ1n) is 8.24. The van der Waals surface area contributed by atoms with Crippen LogP contribution >= 0.6 is 0 Å². The second kappa shape index (κ2) is 6.95. The number of carbonyl (C=O) groups is 1. The van der Waals surface area contributed by atoms with Gasteiger partial charge in [-0.3, -0.25) is 4.79 Å². The lowest BCUT2D eigenvalue weighted by molar-refractivity contribution is 0.0690. The van der Waals surface area contributed by atoms with Crippen LogP contribution in [0, 0.1) is 5.82 Å². The molecule has 3 aromatic rings. The minimum absolute atomic E-state index is 0.0163. The third kappa shape index (κ3) is 3.41. The highest BCUT2D eigenvalue weighted by Crippen LogP contribution is 2.28. The number of amides is 1. The molecule has 1 fully saturated rings. The van der Waals surface area contributed by atoms with E-state index in [9.17, 15) is 9.18 Å². The van der Waals surface area contributed by atoms with Crippen molar-refractivity contribution in [3.05, 3.63) is 54.2 Å². The van der Waals surface area contributed by atoms with Crippen LogP contribution in [0.25, 0.3) is 0 Å². The van der Waals surface area contributed by atoms with Gasteiger partial charge >= 0.3 is 6.01 Å². The van der Waals surface area contributed by atoms with Gasteiger partial charge in [0.25, 0.3) is 5.91 Å². The summed E-state index contributed by atoms with van der Waals surface area (Å²) in [5.41, 5.74) is 0.450. The number of nitrogens with one attached hydrogen (secondary N) is 1. The fourth-order valence-electron chi connectivity index (χ4n) is 2.97. The number of imidazole rings is 1. The van der Waals surface area contributed by atoms with Gasteiger partial charge < -0.3 is 19.1 Å². The Morgan fingerprint density at radius 1 is 1.42 bits per heavy atom. The predicted molar refractivity (Wildman–Crippen MR) is 87.2 cm³/mol. The Morgan fingerprint density at radius 3 is 3.15 bits per heavy atom. The van der Waals surface area contributed by atoms with Gasteiger partial charge in [-0.25, -0.2) is 9.37 Å². The molecule has 0 spiro atoms. The number of hydrogen-bond donors (Lipinski definition) is 1. The van der Waals surface area contributed by atoms with E-state index in [0.29, 0.717) is 24.7 Å². The van der Waals surface area contributed by atoms with Crippen LogP contribution < -0.4 is 4.74 Å². The highest BCUT2D eigenvalue weighted by molar-refractivity contribution is 5.92. The number of benzene rings is 1. The lowest BCUT2D eigenvalue weighted by Crippen LogP contribution is -2.39. The first kappa shape index (κ1) is 16.2. The van der Waals surface area contributed by atoms with Crippen molar-refractivity contribution in [3.8, 4) is 11.8 Å². The van der Waals surface area contributed by atoms with Crippen LogP contribution in [0.4, 0.5) is 4.39 Å². The smallest absolute Gasteiger partial charge is 0.359 e. The molecule has 0 saturated carbocycles. The van der Waals surface area contributed by atoms with Crippen molar-refractivity contribution in [2.24, 2.45) is 0 Å². The van der Waals surface area contributed by atoms with E-state index in [4.69, 9.17) is 9.26 Å². The van der Waals surface area contributed by atoms with Crippen LogP contribution in [0.1, 0.15) is 35.1 Å². The summed E-state index contributed by atoms with van der Waals surface area (Å²) in [6, 6.07) is 5.71. The summed E-state index contributed by atoms with van der Waals surface area (Å²) in [5, 5.41) is 3.79. The third-order valence-corrected chi connectivity index (χ3v) is 4.21. The lowest BCUT2D eigenvalue weighted by Gasteiger charge is -2.30. The van der Waals surface area contributed by atoms with E-state index >= 15 is 0 Å². The number of piperidine rings is 1. The maximum atomic E-state index is 13.2. The van der Waals surface area contributed by atoms with Crippen LogP contribution in [-0.4, -0.2) is 44.0 Å². The van der Waals surface area contributed by atoms with Gasteiger partial charge in [0.1, 0.15) is 17.3 Å². The molecule has 1 aliphatic heterocycles. The van der Waals surface area contributed by atoms with Gasteiger partial charge in [0.2, 0.25) is 5.89 Å². The summed E-state index contributed by atoms with van der Waals surface area (Å²) in [6.45, 7) is 1.13. The molecule has 8 nitrogen and oxygen atoms in total. The van der Waals surface area contributed by atoms with Crippen molar-refractivity contribution in [1.82, 2.24) is 25.0 Å². The number of rotatable bonds is 4. The fraction of sp³-hybridized carbons (Fsp3) is 0.294. The highest BCUT2D eigenvalue weighted by atomic mass is 19.1. The Bertz CT molecular complexity index is 895. The summed E-state index contributed by atoms with van der Waals surface area (Å²) in [7, 11) is 0. The second-order valence-electron chi connectivity index (χ2n) is 6.03. The average molecular weight is 357 g/mol. The summed E-state index contributed by atoms with van der Waals surface area (Å²) >= 11 is 0. The van der Waals surface area contributed by atoms with E-state index in [2.05, 4.69) is 20.1 Å². The van der Waals surface area contributed by atoms with Gasteiger partial charge in [0.15, 0.2) is 0 Å². The number of ether oxygens (including phenoxy) is 1. The van der Waals surface area contributed by atoms with Crippen LogP contribution in [0.2, 0.25) is 0 Å². The van der Waals surface area contributed by atoms with Gasteiger partial charge in [-0.05, 0) is 30.1 Å². The van der Waals surface area contributed by atoms with Gasteiger partial charge in [0, 0.05) is 19.2 Å². The molecule has 9 heteroatoms. The van der Waals surface area contributed by atoms with Crippen molar-refractivity contribution in [1.29, 1.82) is 0 Å². The third-order valence-electron chi connectivity index (χ3n) is 4.21. The monoisotopic (exact) mass is 357 g/mol. The molecule has 1 aliphatic rings. The van der Waals surface area contributed by atoms with E-state index in [1.54, 1.807) is 11.0 Å². The number of nitrogens with zero attached hydrogens (tertiary/aromatic N) is 4. The van der Waals surface area contributed by atoms with Crippen LogP contribution in [0.5, 0.6) is 11.8 Å². The maximum Gasteiger partial charge on any atom is 0.359 e. The van der Waals surface area contributed by atoms with Crippen molar-refractivity contribution >= 4 is 5.91 Å². The van der Waals surface area contributed by atoms with Crippen molar-refractivity contribution < 1.29 is 18.4 Å². The molecular weight excluding hydrogens is 341 g/mol. The fourth-order valence-corrected chi connectivity index (χ4v) is 2.97. The lowest BCUT2D eigenvalue weighted by atomic mass is 9.98. The normalized spacial score (nSPS) is 17.3. The number of hydrogen-bond acceptors (Lipinski definition) is 6. The van der Waals surface area contributed by atoms with Gasteiger partial charge in [-0.15, -0.1) is 0 Å². The Hall–Kier alpha value is -3.23. The molecule has 0 bridgehead atoms. The number of aromatic nitrogens is 4. The van der Waals surface area contributed by atoms with Gasteiger partial charge in [0.05, 0.1) is 18.4 Å². The number of aromatic amines is 1. The molecule has 0 aliphatic carbocycles. The Balaban J connectivity index is 1.44. The average Bonchev–Trinajstić information content (AvgIpc) is 3.33. The Kier molecular flexibility index (Phi) is 4.34. The summed E-state index contributed by atoms with van der Waals surface area (Å²) in [6.07, 6.45) is 4.63. The summed E-state index contributed by atoms with van der Waals surface area (Å²) in [4.78, 5) is 25.1. The predicted octanol–water partition coefficient (Wildman–Crippen LogP) is 2.74. The molecule has 1 aromatic carbocycles. The van der Waals surface area contributed by atoms with E-state index in [0.717, 1.165) is 12.8 Å². The number of H-pyrrole nitrogens is 1. The van der Waals surface area contributed by atoms with Gasteiger partial charge in [-0.1, -0.05) is 6.07 Å². The molecule has 26 heavy (non-hydrogen) atoms. The number of halogens is 1. The van der Waals surface area contributed by atoms with Crippen molar-refractivity contribution in [3.63, 3.8) is 0 Å². The first-order valence-corrected chi connectivity index (χ1v) is 8.24. The highest BCUT2D eigenvalue weighted by Gasteiger charge is 2.29. The Labute approximate surface area is 148 Å². The molecule has 3 heterocycles. The van der Waals surface area contributed by atoms with E-state index in [1.807, 2.05) is 0 Å². The SMILES string of the molecule is O=C(c1cnc[nH]1)N1CCCC(c2nc(Oc3cccc(F)c3)no2)C1. The van der Waals surface area contributed by atoms with E-state index < -0.39 is 5.82 Å². The molecule has 134 valence electrons. The van der Waals surface area contributed by atoms with E-state index in [1.165, 1.54) is 30.7 Å². The quantitative estimate of drug-likeness (QED) is 0.771. The Morgan fingerprint density at radius 2 is 2.35 bits per heavy atom. The molecule has 2 aromatic heterocycles. The summed E-state index contributed by atoms with van der Waals surface area (Å²) in [5.74, 6) is 0.0953. The van der Waals surface area contributed by atoms with Crippen LogP contribution in [0.3, 0.4) is 0 Å². The molecule has 1 amide bonds. The molecule has 0 radical (unpaired) electrons. The van der Waals surface area contributed by atoms with E-state index in [-0.39, 0.29) is 23.6 Å².